The molecule has 0 N–H and O–H groups in total. The molecule has 5 aromatic rings. The smallest absolute Gasteiger partial charge is 0.148 e. The first kappa shape index (κ1) is 19.4. The zero-order valence-corrected chi connectivity index (χ0v) is 18.0. The third-order valence-corrected chi connectivity index (χ3v) is 5.83. The molecule has 0 spiro atoms. The lowest BCUT2D eigenvalue weighted by Gasteiger charge is -2.13. The number of para-hydroxylation sites is 2. The normalized spacial score (nSPS) is 11.5. The molecule has 0 radical (unpaired) electrons. The minimum atomic E-state index is 0.423. The predicted octanol–water partition coefficient (Wildman–Crippen LogP) is 6.94. The average molecular weight is 407 g/mol. The summed E-state index contributed by atoms with van der Waals surface area (Å²) in [5, 5.41) is 2.30. The van der Waals surface area contributed by atoms with Gasteiger partial charge in [-0.3, -0.25) is 0 Å². The summed E-state index contributed by atoms with van der Waals surface area (Å²) < 4.78 is 8.55. The molecule has 3 nitrogen and oxygen atoms in total. The van der Waals surface area contributed by atoms with Crippen molar-refractivity contribution >= 4 is 21.8 Å². The van der Waals surface area contributed by atoms with E-state index in [1.54, 1.807) is 0 Å². The van der Waals surface area contributed by atoms with Crippen LogP contribution < -0.4 is 4.74 Å². The molecule has 1 aromatic heterocycles. The molecule has 0 amide bonds. The van der Waals surface area contributed by atoms with E-state index in [2.05, 4.69) is 85.1 Å². The molecule has 154 valence electrons. The Bertz CT molecular complexity index is 1330. The van der Waals surface area contributed by atoms with E-state index in [1.807, 2.05) is 24.3 Å². The quantitative estimate of drug-likeness (QED) is 0.305. The highest BCUT2D eigenvalue weighted by molar-refractivity contribution is 5.88. The second-order valence-electron chi connectivity index (χ2n) is 8.27. The van der Waals surface area contributed by atoms with E-state index < -0.39 is 0 Å². The van der Waals surface area contributed by atoms with Gasteiger partial charge in [-0.05, 0) is 40.6 Å². The summed E-state index contributed by atoms with van der Waals surface area (Å²) in [6.07, 6.45) is 0. The molecule has 0 fully saturated rings. The first-order valence-corrected chi connectivity index (χ1v) is 10.8. The van der Waals surface area contributed by atoms with Crippen LogP contribution in [0.1, 0.15) is 36.7 Å². The Morgan fingerprint density at radius 1 is 0.806 bits per heavy atom. The number of benzene rings is 4. The van der Waals surface area contributed by atoms with Crippen molar-refractivity contribution in [2.24, 2.45) is 0 Å². The molecule has 0 aliphatic heterocycles. The summed E-state index contributed by atoms with van der Waals surface area (Å²) in [5.74, 6) is 2.35. The molecule has 0 aliphatic rings. The Hall–Kier alpha value is -3.59. The first-order chi connectivity index (χ1) is 15.2. The summed E-state index contributed by atoms with van der Waals surface area (Å²) >= 11 is 0. The number of fused-ring (bicyclic) bond motifs is 2. The van der Waals surface area contributed by atoms with Crippen LogP contribution in [0.4, 0.5) is 0 Å². The van der Waals surface area contributed by atoms with Crippen molar-refractivity contribution in [2.75, 3.05) is 0 Å². The maximum Gasteiger partial charge on any atom is 0.148 e. The summed E-state index contributed by atoms with van der Waals surface area (Å²) in [6.45, 7) is 5.64. The van der Waals surface area contributed by atoms with Gasteiger partial charge in [-0.1, -0.05) is 86.6 Å². The van der Waals surface area contributed by atoms with Crippen LogP contribution in [-0.4, -0.2) is 9.55 Å². The van der Waals surface area contributed by atoms with Crippen LogP contribution >= 0.6 is 0 Å². The van der Waals surface area contributed by atoms with Crippen molar-refractivity contribution in [2.45, 2.75) is 32.9 Å². The third kappa shape index (κ3) is 3.91. The molecule has 0 saturated carbocycles. The fraction of sp³-hybridized carbons (Fsp3) is 0.179. The van der Waals surface area contributed by atoms with Crippen molar-refractivity contribution in [1.82, 2.24) is 9.55 Å². The Balaban J connectivity index is 1.47. The molecule has 0 saturated heterocycles. The van der Waals surface area contributed by atoms with E-state index in [9.17, 15) is 0 Å². The lowest BCUT2D eigenvalue weighted by Crippen LogP contribution is -2.08. The lowest BCUT2D eigenvalue weighted by molar-refractivity contribution is 0.295. The van der Waals surface area contributed by atoms with E-state index >= 15 is 0 Å². The van der Waals surface area contributed by atoms with Gasteiger partial charge < -0.3 is 9.30 Å². The van der Waals surface area contributed by atoms with E-state index in [0.29, 0.717) is 12.5 Å². The Kier molecular flexibility index (Phi) is 5.17. The molecule has 31 heavy (non-hydrogen) atoms. The maximum absolute atomic E-state index is 6.28. The fourth-order valence-corrected chi connectivity index (χ4v) is 4.07. The van der Waals surface area contributed by atoms with Crippen LogP contribution in [-0.2, 0) is 13.2 Å². The minimum Gasteiger partial charge on any atom is -0.485 e. The van der Waals surface area contributed by atoms with E-state index in [0.717, 1.165) is 34.5 Å². The van der Waals surface area contributed by atoms with Gasteiger partial charge in [0.2, 0.25) is 0 Å². The van der Waals surface area contributed by atoms with Gasteiger partial charge >= 0.3 is 0 Å². The molecule has 3 heteroatoms. The average Bonchev–Trinajstić information content (AvgIpc) is 3.15. The molecule has 5 rings (SSSR count). The standard InChI is InChI=1S/C28H26N2O/c1-20(2)22-16-14-21(15-17-22)18-30-26-12-6-5-11-25(26)29-28(30)19-31-27-13-7-9-23-8-3-4-10-24(23)27/h3-17,20H,18-19H2,1-2H3. The second kappa shape index (κ2) is 8.27. The number of rotatable bonds is 6. The van der Waals surface area contributed by atoms with Crippen LogP contribution in [0, 0.1) is 0 Å². The van der Waals surface area contributed by atoms with Gasteiger partial charge in [0, 0.05) is 11.9 Å². The maximum atomic E-state index is 6.28. The molecule has 0 unspecified atom stereocenters. The van der Waals surface area contributed by atoms with Gasteiger partial charge in [-0.15, -0.1) is 0 Å². The van der Waals surface area contributed by atoms with E-state index in [-0.39, 0.29) is 0 Å². The van der Waals surface area contributed by atoms with Gasteiger partial charge in [0.25, 0.3) is 0 Å². The molecule has 0 aliphatic carbocycles. The van der Waals surface area contributed by atoms with Gasteiger partial charge in [0.1, 0.15) is 18.2 Å². The highest BCUT2D eigenvalue weighted by Gasteiger charge is 2.13. The van der Waals surface area contributed by atoms with Crippen molar-refractivity contribution in [3.8, 4) is 5.75 Å². The van der Waals surface area contributed by atoms with Crippen LogP contribution in [0.15, 0.2) is 91.0 Å². The highest BCUT2D eigenvalue weighted by atomic mass is 16.5. The first-order valence-electron chi connectivity index (χ1n) is 10.8. The summed E-state index contributed by atoms with van der Waals surface area (Å²) in [5.41, 5.74) is 4.75. The molecule has 1 heterocycles. The zero-order valence-electron chi connectivity index (χ0n) is 18.0. The predicted molar refractivity (Wildman–Crippen MR) is 128 cm³/mol. The summed E-state index contributed by atoms with van der Waals surface area (Å²) in [6, 6.07) is 31.7. The van der Waals surface area contributed by atoms with Crippen LogP contribution in [0.5, 0.6) is 5.75 Å². The molecule has 0 bridgehead atoms. The minimum absolute atomic E-state index is 0.423. The monoisotopic (exact) mass is 406 g/mol. The van der Waals surface area contributed by atoms with Gasteiger partial charge in [-0.25, -0.2) is 4.98 Å². The zero-order chi connectivity index (χ0) is 21.2. The number of hydrogen-bond acceptors (Lipinski definition) is 2. The summed E-state index contributed by atoms with van der Waals surface area (Å²) in [4.78, 5) is 4.89. The Morgan fingerprint density at radius 2 is 1.55 bits per heavy atom. The largest absolute Gasteiger partial charge is 0.485 e. The van der Waals surface area contributed by atoms with Gasteiger partial charge in [-0.2, -0.15) is 0 Å². The SMILES string of the molecule is CC(C)c1ccc(Cn2c(COc3cccc4ccccc34)nc3ccccc32)cc1. The van der Waals surface area contributed by atoms with Crippen LogP contribution in [0.3, 0.4) is 0 Å². The highest BCUT2D eigenvalue weighted by Crippen LogP contribution is 2.27. The molecular formula is C28H26N2O. The summed E-state index contributed by atoms with van der Waals surface area (Å²) in [7, 11) is 0. The van der Waals surface area contributed by atoms with Gasteiger partial charge in [0.15, 0.2) is 0 Å². The number of ether oxygens (including phenoxy) is 1. The number of nitrogens with zero attached hydrogens (tertiary/aromatic N) is 2. The van der Waals surface area contributed by atoms with Crippen molar-refractivity contribution in [3.63, 3.8) is 0 Å². The van der Waals surface area contributed by atoms with Crippen LogP contribution in [0.25, 0.3) is 21.8 Å². The van der Waals surface area contributed by atoms with E-state index in [1.165, 1.54) is 16.5 Å². The second-order valence-corrected chi connectivity index (χ2v) is 8.27. The lowest BCUT2D eigenvalue weighted by atomic mass is 10.0. The Labute approximate surface area is 182 Å². The fourth-order valence-electron chi connectivity index (χ4n) is 4.07. The molecule has 4 aromatic carbocycles. The van der Waals surface area contributed by atoms with Crippen molar-refractivity contribution in [3.05, 3.63) is 108 Å². The molecule has 0 atom stereocenters. The number of imidazole rings is 1. The molecular weight excluding hydrogens is 380 g/mol. The third-order valence-electron chi connectivity index (χ3n) is 5.83. The Morgan fingerprint density at radius 3 is 2.39 bits per heavy atom. The van der Waals surface area contributed by atoms with Crippen molar-refractivity contribution in [1.29, 1.82) is 0 Å². The van der Waals surface area contributed by atoms with Crippen molar-refractivity contribution < 1.29 is 4.74 Å². The van der Waals surface area contributed by atoms with Gasteiger partial charge in [0.05, 0.1) is 11.0 Å². The van der Waals surface area contributed by atoms with E-state index in [4.69, 9.17) is 9.72 Å². The van der Waals surface area contributed by atoms with Crippen LogP contribution in [0.2, 0.25) is 0 Å². The number of aromatic nitrogens is 2. The number of hydrogen-bond donors (Lipinski definition) is 0. The topological polar surface area (TPSA) is 27.1 Å².